The van der Waals surface area contributed by atoms with Crippen molar-refractivity contribution in [2.24, 2.45) is 10.6 Å². The lowest BCUT2D eigenvalue weighted by Crippen LogP contribution is -2.73. The van der Waals surface area contributed by atoms with E-state index in [1.807, 2.05) is 0 Å². The number of fused-ring (bicyclic) bond motifs is 1. The second kappa shape index (κ2) is 8.69. The van der Waals surface area contributed by atoms with Crippen molar-refractivity contribution in [3.63, 3.8) is 0 Å². The van der Waals surface area contributed by atoms with Gasteiger partial charge in [-0.15, -0.1) is 34.4 Å². The minimum absolute atomic E-state index is 0.0539. The Hall–Kier alpha value is -2.68. The number of aliphatic carboxylic acids is 1. The highest BCUT2D eigenvalue weighted by molar-refractivity contribution is 8.00. The second-order valence-corrected chi connectivity index (χ2v) is 10.2. The van der Waals surface area contributed by atoms with Gasteiger partial charge in [0.05, 0.1) is 10.4 Å². The number of carboxylic acids is 1. The summed E-state index contributed by atoms with van der Waals surface area (Å²) in [6.45, 7) is -0.0539. The number of amides is 2. The van der Waals surface area contributed by atoms with Crippen molar-refractivity contribution in [3.8, 4) is 0 Å². The molecule has 2 unspecified atom stereocenters. The largest absolute Gasteiger partial charge is 0.481 e. The smallest absolute Gasteiger partial charge is 0.316 e. The molecule has 15 heteroatoms. The molecule has 0 bridgehead atoms. The number of thioether (sulfide) groups is 1. The molecule has 5 N–H and O–H groups in total. The number of carbonyl (C=O) groups is 3. The highest BCUT2D eigenvalue weighted by Crippen LogP contribution is 2.43. The topological polar surface area (TPSA) is 171 Å². The van der Waals surface area contributed by atoms with E-state index in [1.54, 1.807) is 11.6 Å². The fourth-order valence-electron chi connectivity index (χ4n) is 3.30. The third-order valence-corrected chi connectivity index (χ3v) is 8.43. The number of nitrogens with two attached hydrogens (primary N) is 1. The second-order valence-electron chi connectivity index (χ2n) is 6.94. The van der Waals surface area contributed by atoms with Gasteiger partial charge in [-0.1, -0.05) is 22.8 Å². The molecule has 4 rings (SSSR count). The van der Waals surface area contributed by atoms with Crippen molar-refractivity contribution in [2.45, 2.75) is 11.4 Å². The van der Waals surface area contributed by atoms with Gasteiger partial charge in [-0.2, -0.15) is 0 Å². The Morgan fingerprint density at radius 2 is 2.22 bits per heavy atom. The van der Waals surface area contributed by atoms with E-state index in [4.69, 9.17) is 17.3 Å². The Labute approximate surface area is 198 Å². The Morgan fingerprint density at radius 1 is 1.44 bits per heavy atom. The first-order chi connectivity index (χ1) is 15.3. The molecular weight excluding hydrogens is 500 g/mol. The summed E-state index contributed by atoms with van der Waals surface area (Å²) >= 11 is 9.56. The van der Waals surface area contributed by atoms with Crippen LogP contribution >= 0.6 is 46.0 Å². The van der Waals surface area contributed by atoms with E-state index in [-0.39, 0.29) is 34.0 Å². The molecule has 32 heavy (non-hydrogen) atoms. The van der Waals surface area contributed by atoms with Crippen LogP contribution in [0.4, 0.5) is 5.13 Å². The van der Waals surface area contributed by atoms with E-state index in [9.17, 15) is 24.7 Å². The van der Waals surface area contributed by atoms with E-state index >= 15 is 0 Å². The molecule has 4 heterocycles. The van der Waals surface area contributed by atoms with E-state index in [2.05, 4.69) is 20.4 Å². The van der Waals surface area contributed by atoms with Crippen LogP contribution in [0.1, 0.15) is 10.6 Å². The minimum Gasteiger partial charge on any atom is -0.481 e. The molecule has 2 amide bonds. The molecule has 11 nitrogen and oxygen atoms in total. The number of aromatic nitrogens is 2. The van der Waals surface area contributed by atoms with Gasteiger partial charge in [0.25, 0.3) is 5.91 Å². The number of nitrogen functional groups attached to an aromatic ring is 1. The van der Waals surface area contributed by atoms with Gasteiger partial charge in [0.2, 0.25) is 5.91 Å². The maximum Gasteiger partial charge on any atom is 0.316 e. The first kappa shape index (κ1) is 22.5. The molecule has 3 atom stereocenters. The highest BCUT2D eigenvalue weighted by Gasteiger charge is 2.56. The molecule has 168 valence electrons. The monoisotopic (exact) mass is 514 g/mol. The van der Waals surface area contributed by atoms with Crippen molar-refractivity contribution in [1.29, 1.82) is 0 Å². The predicted molar refractivity (Wildman–Crippen MR) is 121 cm³/mol. The average molecular weight is 515 g/mol. The maximum atomic E-state index is 12.7. The lowest BCUT2D eigenvalue weighted by atomic mass is 9.86. The number of nitrogens with one attached hydrogen (secondary N) is 1. The third-order valence-electron chi connectivity index (χ3n) is 5.00. The zero-order chi connectivity index (χ0) is 23.0. The van der Waals surface area contributed by atoms with Gasteiger partial charge in [-0.05, 0) is 6.08 Å². The molecule has 0 radical (unpaired) electrons. The molecule has 2 aromatic rings. The summed E-state index contributed by atoms with van der Waals surface area (Å²) in [4.78, 5) is 47.1. The zero-order valence-electron chi connectivity index (χ0n) is 16.0. The number of rotatable bonds is 6. The molecule has 0 aliphatic carbocycles. The SMILES string of the molecule is Nc1nc(C(=NO)C(=O)NC2C(=O)N3CC(C=Cc4scnc4Cl)(C(=O)O)CS[C@H]23)cs1. The van der Waals surface area contributed by atoms with Gasteiger partial charge >= 0.3 is 5.97 Å². The molecule has 0 spiro atoms. The van der Waals surface area contributed by atoms with Crippen LogP contribution in [0, 0.1) is 5.41 Å². The number of thiazole rings is 2. The number of anilines is 1. The van der Waals surface area contributed by atoms with Gasteiger partial charge in [0, 0.05) is 17.7 Å². The van der Waals surface area contributed by atoms with Gasteiger partial charge in [0.1, 0.15) is 27.7 Å². The number of halogens is 1. The lowest BCUT2D eigenvalue weighted by Gasteiger charge is -2.53. The summed E-state index contributed by atoms with van der Waals surface area (Å²) < 4.78 is 0. The number of nitrogens with zero attached hydrogens (tertiary/aromatic N) is 4. The van der Waals surface area contributed by atoms with E-state index in [1.165, 1.54) is 39.5 Å². The number of β-lactam (4-membered cyclic amide) rings is 1. The van der Waals surface area contributed by atoms with Crippen LogP contribution in [0.5, 0.6) is 0 Å². The number of hydrogen-bond acceptors (Lipinski definition) is 11. The zero-order valence-corrected chi connectivity index (χ0v) is 19.2. The standard InChI is InChI=1S/C17H15ClN6O5S3/c18-11-8(32-6-20-11)1-2-17(15(27)28)4-24-13(26)10(14(24)31-5-17)22-12(25)9(23-29)7-3-30-16(19)21-7/h1-3,6,10,14,29H,4-5H2,(H2,19,21)(H,22,25)(H,27,28)/t10?,14-,17?/m1/s1. The lowest BCUT2D eigenvalue weighted by molar-refractivity contribution is -0.155. The van der Waals surface area contributed by atoms with Gasteiger partial charge in [-0.3, -0.25) is 14.4 Å². The van der Waals surface area contributed by atoms with Gasteiger partial charge < -0.3 is 26.3 Å². The van der Waals surface area contributed by atoms with Crippen molar-refractivity contribution < 1.29 is 24.7 Å². The van der Waals surface area contributed by atoms with Crippen molar-refractivity contribution in [1.82, 2.24) is 20.2 Å². The summed E-state index contributed by atoms with van der Waals surface area (Å²) in [5.41, 5.74) is 5.51. The van der Waals surface area contributed by atoms with Crippen LogP contribution in [0.15, 0.2) is 22.1 Å². The summed E-state index contributed by atoms with van der Waals surface area (Å²) in [5.74, 6) is -2.11. The molecule has 2 fully saturated rings. The average Bonchev–Trinajstić information content (AvgIpc) is 3.38. The number of oxime groups is 1. The Balaban J connectivity index is 1.46. The fourth-order valence-corrected chi connectivity index (χ4v) is 6.23. The van der Waals surface area contributed by atoms with Gasteiger partial charge in [-0.25, -0.2) is 9.97 Å². The Bertz CT molecular complexity index is 1150. The van der Waals surface area contributed by atoms with Crippen LogP contribution < -0.4 is 11.1 Å². The number of carbonyl (C=O) groups excluding carboxylic acids is 2. The first-order valence-electron chi connectivity index (χ1n) is 8.94. The molecule has 0 saturated carbocycles. The van der Waals surface area contributed by atoms with Crippen LogP contribution in [0.3, 0.4) is 0 Å². The molecule has 0 aromatic carbocycles. The summed E-state index contributed by atoms with van der Waals surface area (Å²) in [6, 6.07) is -0.882. The number of carboxylic acid groups (broad SMARTS) is 1. The third kappa shape index (κ3) is 3.94. The molecule has 2 aromatic heterocycles. The first-order valence-corrected chi connectivity index (χ1v) is 12.1. The molecular formula is C17H15ClN6O5S3. The minimum atomic E-state index is -1.31. The molecule has 2 aliphatic heterocycles. The Morgan fingerprint density at radius 3 is 2.81 bits per heavy atom. The molecule has 2 aliphatic rings. The molecule has 2 saturated heterocycles. The van der Waals surface area contributed by atoms with E-state index < -0.39 is 34.6 Å². The van der Waals surface area contributed by atoms with Crippen molar-refractivity contribution in [3.05, 3.63) is 32.7 Å². The van der Waals surface area contributed by atoms with Crippen molar-refractivity contribution in [2.75, 3.05) is 18.0 Å². The quantitative estimate of drug-likeness (QED) is 0.191. The van der Waals surface area contributed by atoms with Crippen LogP contribution in [0.2, 0.25) is 5.15 Å². The van der Waals surface area contributed by atoms with E-state index in [0.29, 0.717) is 4.88 Å². The van der Waals surface area contributed by atoms with Gasteiger partial charge in [0.15, 0.2) is 10.8 Å². The van der Waals surface area contributed by atoms with Crippen LogP contribution in [-0.4, -0.2) is 72.4 Å². The number of hydrogen-bond donors (Lipinski definition) is 4. The maximum absolute atomic E-state index is 12.7. The highest BCUT2D eigenvalue weighted by atomic mass is 35.5. The van der Waals surface area contributed by atoms with Crippen LogP contribution in [-0.2, 0) is 14.4 Å². The fraction of sp³-hybridized carbons (Fsp3) is 0.294. The summed E-state index contributed by atoms with van der Waals surface area (Å²) in [6.07, 6.45) is 3.13. The normalized spacial score (nSPS) is 25.5. The summed E-state index contributed by atoms with van der Waals surface area (Å²) in [7, 11) is 0. The Kier molecular flexibility index (Phi) is 6.11. The van der Waals surface area contributed by atoms with Crippen molar-refractivity contribution >= 4 is 80.7 Å². The van der Waals surface area contributed by atoms with E-state index in [0.717, 1.165) is 11.3 Å². The predicted octanol–water partition coefficient (Wildman–Crippen LogP) is 1.20. The van der Waals surface area contributed by atoms with Crippen LogP contribution in [0.25, 0.3) is 6.08 Å². The summed E-state index contributed by atoms with van der Waals surface area (Å²) in [5, 5.41) is 26.1.